The standard InChI is InChI=1S/C19H24N2O4/c1-4-9-21-18(22)16(17(19(21)23)20-10-5-6-11-20)13-7-8-14(24-2)15(12-13)25-3/h7-8,12H,4-6,9-11H2,1-3H3. The summed E-state index contributed by atoms with van der Waals surface area (Å²) >= 11 is 0. The Labute approximate surface area is 148 Å². The second-order valence-electron chi connectivity index (χ2n) is 6.25. The zero-order valence-corrected chi connectivity index (χ0v) is 15.0. The summed E-state index contributed by atoms with van der Waals surface area (Å²) in [5, 5.41) is 0. The molecule has 0 atom stereocenters. The Bertz CT molecular complexity index is 720. The van der Waals surface area contributed by atoms with Gasteiger partial charge in [0.15, 0.2) is 11.5 Å². The Morgan fingerprint density at radius 1 is 1.00 bits per heavy atom. The van der Waals surface area contributed by atoms with Gasteiger partial charge < -0.3 is 14.4 Å². The molecule has 25 heavy (non-hydrogen) atoms. The lowest BCUT2D eigenvalue weighted by atomic mass is 10.0. The van der Waals surface area contributed by atoms with Crippen LogP contribution in [0.2, 0.25) is 0 Å². The van der Waals surface area contributed by atoms with Crippen LogP contribution in [0.5, 0.6) is 11.5 Å². The van der Waals surface area contributed by atoms with Crippen LogP contribution in [0.4, 0.5) is 0 Å². The van der Waals surface area contributed by atoms with Crippen molar-refractivity contribution in [3.63, 3.8) is 0 Å². The van der Waals surface area contributed by atoms with Gasteiger partial charge in [0.2, 0.25) is 0 Å². The molecule has 1 aromatic carbocycles. The number of amides is 2. The first-order valence-corrected chi connectivity index (χ1v) is 8.70. The lowest BCUT2D eigenvalue weighted by Gasteiger charge is -2.20. The predicted molar refractivity (Wildman–Crippen MR) is 94.3 cm³/mol. The van der Waals surface area contributed by atoms with Gasteiger partial charge in [0.1, 0.15) is 5.70 Å². The Morgan fingerprint density at radius 2 is 1.68 bits per heavy atom. The number of rotatable bonds is 6. The quantitative estimate of drug-likeness (QED) is 0.741. The SMILES string of the molecule is CCCN1C(=O)C(c2ccc(OC)c(OC)c2)=C(N2CCCC2)C1=O. The zero-order valence-electron chi connectivity index (χ0n) is 15.0. The second-order valence-corrected chi connectivity index (χ2v) is 6.25. The van der Waals surface area contributed by atoms with Crippen molar-refractivity contribution in [3.05, 3.63) is 29.5 Å². The van der Waals surface area contributed by atoms with E-state index in [9.17, 15) is 9.59 Å². The molecule has 0 aromatic heterocycles. The van der Waals surface area contributed by atoms with Gasteiger partial charge in [0, 0.05) is 19.6 Å². The minimum absolute atomic E-state index is 0.182. The smallest absolute Gasteiger partial charge is 0.277 e. The number of likely N-dealkylation sites (tertiary alicyclic amines) is 1. The van der Waals surface area contributed by atoms with Gasteiger partial charge in [-0.25, -0.2) is 0 Å². The molecule has 0 radical (unpaired) electrons. The van der Waals surface area contributed by atoms with Crippen molar-refractivity contribution < 1.29 is 19.1 Å². The maximum Gasteiger partial charge on any atom is 0.277 e. The molecule has 0 aliphatic carbocycles. The van der Waals surface area contributed by atoms with Gasteiger partial charge in [-0.15, -0.1) is 0 Å². The fraction of sp³-hybridized carbons (Fsp3) is 0.474. The van der Waals surface area contributed by atoms with E-state index in [2.05, 4.69) is 0 Å². The van der Waals surface area contributed by atoms with E-state index in [0.29, 0.717) is 34.9 Å². The summed E-state index contributed by atoms with van der Waals surface area (Å²) in [7, 11) is 3.13. The molecule has 0 unspecified atom stereocenters. The van der Waals surface area contributed by atoms with Gasteiger partial charge >= 0.3 is 0 Å². The number of methoxy groups -OCH3 is 2. The van der Waals surface area contributed by atoms with E-state index in [1.807, 2.05) is 17.9 Å². The van der Waals surface area contributed by atoms with E-state index in [1.165, 1.54) is 4.90 Å². The Kier molecular flexibility index (Phi) is 4.97. The summed E-state index contributed by atoms with van der Waals surface area (Å²) < 4.78 is 10.6. The number of nitrogens with zero attached hydrogens (tertiary/aromatic N) is 2. The van der Waals surface area contributed by atoms with Crippen LogP contribution in [0.15, 0.2) is 23.9 Å². The van der Waals surface area contributed by atoms with Gasteiger partial charge in [-0.05, 0) is 37.0 Å². The average Bonchev–Trinajstić information content (AvgIpc) is 3.23. The van der Waals surface area contributed by atoms with Crippen LogP contribution < -0.4 is 9.47 Å². The molecule has 0 bridgehead atoms. The van der Waals surface area contributed by atoms with Crippen LogP contribution in [-0.4, -0.2) is 55.5 Å². The Hall–Kier alpha value is -2.50. The molecule has 3 rings (SSSR count). The predicted octanol–water partition coefficient (Wildman–Crippen LogP) is 2.29. The highest BCUT2D eigenvalue weighted by atomic mass is 16.5. The number of benzene rings is 1. The van der Waals surface area contributed by atoms with Crippen LogP contribution in [0.1, 0.15) is 31.7 Å². The first-order valence-electron chi connectivity index (χ1n) is 8.70. The molecule has 1 fully saturated rings. The highest BCUT2D eigenvalue weighted by Gasteiger charge is 2.41. The van der Waals surface area contributed by atoms with Crippen molar-refractivity contribution in [2.45, 2.75) is 26.2 Å². The van der Waals surface area contributed by atoms with E-state index in [4.69, 9.17) is 9.47 Å². The van der Waals surface area contributed by atoms with Gasteiger partial charge in [-0.3, -0.25) is 14.5 Å². The molecule has 2 amide bonds. The number of imide groups is 1. The average molecular weight is 344 g/mol. The number of carbonyl (C=O) groups excluding carboxylic acids is 2. The monoisotopic (exact) mass is 344 g/mol. The molecule has 1 saturated heterocycles. The minimum atomic E-state index is -0.221. The van der Waals surface area contributed by atoms with E-state index < -0.39 is 0 Å². The summed E-state index contributed by atoms with van der Waals surface area (Å²) in [4.78, 5) is 29.3. The number of hydrogen-bond acceptors (Lipinski definition) is 5. The molecule has 0 N–H and O–H groups in total. The fourth-order valence-corrected chi connectivity index (χ4v) is 3.48. The topological polar surface area (TPSA) is 59.1 Å². The molecular formula is C19H24N2O4. The van der Waals surface area contributed by atoms with Crippen LogP contribution in [0.25, 0.3) is 5.57 Å². The second kappa shape index (κ2) is 7.17. The molecule has 2 aliphatic heterocycles. The highest BCUT2D eigenvalue weighted by molar-refractivity contribution is 6.35. The summed E-state index contributed by atoms with van der Waals surface area (Å²) in [6, 6.07) is 5.35. The first kappa shape index (κ1) is 17.3. The normalized spacial score (nSPS) is 17.7. The van der Waals surface area contributed by atoms with Gasteiger partial charge in [-0.2, -0.15) is 0 Å². The number of carbonyl (C=O) groups is 2. The summed E-state index contributed by atoms with van der Waals surface area (Å²) in [6.07, 6.45) is 2.82. The maximum atomic E-state index is 13.0. The van der Waals surface area contributed by atoms with Crippen molar-refractivity contribution >= 4 is 17.4 Å². The van der Waals surface area contributed by atoms with Crippen molar-refractivity contribution in [2.75, 3.05) is 33.9 Å². The number of hydrogen-bond donors (Lipinski definition) is 0. The molecule has 0 saturated carbocycles. The molecule has 6 nitrogen and oxygen atoms in total. The summed E-state index contributed by atoms with van der Waals surface area (Å²) in [5.41, 5.74) is 1.70. The molecule has 6 heteroatoms. The minimum Gasteiger partial charge on any atom is -0.493 e. The zero-order chi connectivity index (χ0) is 18.0. The van der Waals surface area contributed by atoms with Gasteiger partial charge in [0.05, 0.1) is 19.8 Å². The molecule has 0 spiro atoms. The summed E-state index contributed by atoms with van der Waals surface area (Å²) in [5.74, 6) is 0.735. The highest BCUT2D eigenvalue weighted by Crippen LogP contribution is 2.37. The van der Waals surface area contributed by atoms with Crippen molar-refractivity contribution in [1.82, 2.24) is 9.80 Å². The van der Waals surface area contributed by atoms with E-state index in [1.54, 1.807) is 26.4 Å². The lowest BCUT2D eigenvalue weighted by Crippen LogP contribution is -2.35. The third kappa shape index (κ3) is 2.97. The fourth-order valence-electron chi connectivity index (χ4n) is 3.48. The van der Waals surface area contributed by atoms with Gasteiger partial charge in [-0.1, -0.05) is 13.0 Å². The van der Waals surface area contributed by atoms with E-state index in [0.717, 1.165) is 32.4 Å². The molecule has 134 valence electrons. The maximum absolute atomic E-state index is 13.0. The van der Waals surface area contributed by atoms with Crippen molar-refractivity contribution in [1.29, 1.82) is 0 Å². The third-order valence-electron chi connectivity index (χ3n) is 4.69. The molecule has 1 aromatic rings. The van der Waals surface area contributed by atoms with Crippen LogP contribution in [0, 0.1) is 0 Å². The van der Waals surface area contributed by atoms with E-state index >= 15 is 0 Å². The molecular weight excluding hydrogens is 320 g/mol. The van der Waals surface area contributed by atoms with Gasteiger partial charge in [0.25, 0.3) is 11.8 Å². The van der Waals surface area contributed by atoms with E-state index in [-0.39, 0.29) is 11.8 Å². The number of ether oxygens (including phenoxy) is 2. The molecule has 2 heterocycles. The summed E-state index contributed by atoms with van der Waals surface area (Å²) in [6.45, 7) is 4.02. The first-order chi connectivity index (χ1) is 12.1. The van der Waals surface area contributed by atoms with Crippen LogP contribution in [-0.2, 0) is 9.59 Å². The van der Waals surface area contributed by atoms with Crippen LogP contribution in [0.3, 0.4) is 0 Å². The third-order valence-corrected chi connectivity index (χ3v) is 4.69. The lowest BCUT2D eigenvalue weighted by molar-refractivity contribution is -0.137. The largest absolute Gasteiger partial charge is 0.493 e. The van der Waals surface area contributed by atoms with Crippen LogP contribution >= 0.6 is 0 Å². The molecule has 2 aliphatic rings. The Balaban J connectivity index is 2.10. The van der Waals surface area contributed by atoms with Crippen molar-refractivity contribution in [2.24, 2.45) is 0 Å². The Morgan fingerprint density at radius 3 is 2.28 bits per heavy atom. The van der Waals surface area contributed by atoms with Crippen molar-refractivity contribution in [3.8, 4) is 11.5 Å².